The second kappa shape index (κ2) is 5.93. The molecule has 0 bridgehead atoms. The quantitative estimate of drug-likeness (QED) is 0.326. The average molecular weight is 369 g/mol. The first-order valence-electron chi connectivity index (χ1n) is 11.1. The topological polar surface area (TPSA) is 8.81 Å². The third kappa shape index (κ3) is 2.31. The molecule has 5 rings (SSSR count). The highest BCUT2D eigenvalue weighted by Crippen LogP contribution is 2.37. The normalized spacial score (nSPS) is 13.8. The standard InChI is InChI=1S/C26H25N2/c1-16-10-11-19-14-23-22(13-20(19)12-16)24-18(3)15-27(4)25(26(24)28(23)5)21-9-7-6-8-17(21)2/h6-15H,1-5H3/q+1/i3D3. The minimum Gasteiger partial charge on any atom is -0.338 e. The van der Waals surface area contributed by atoms with Gasteiger partial charge >= 0.3 is 0 Å². The molecule has 2 aromatic heterocycles. The van der Waals surface area contributed by atoms with Gasteiger partial charge in [0.1, 0.15) is 12.6 Å². The van der Waals surface area contributed by atoms with Crippen LogP contribution in [0.25, 0.3) is 43.8 Å². The zero-order valence-electron chi connectivity index (χ0n) is 19.7. The van der Waals surface area contributed by atoms with E-state index in [1.807, 2.05) is 30.8 Å². The Morgan fingerprint density at radius 1 is 0.929 bits per heavy atom. The third-order valence-corrected chi connectivity index (χ3v) is 5.88. The van der Waals surface area contributed by atoms with Crippen LogP contribution in [0.5, 0.6) is 0 Å². The highest BCUT2D eigenvalue weighted by atomic mass is 15.0. The van der Waals surface area contributed by atoms with Gasteiger partial charge in [0.15, 0.2) is 6.20 Å². The molecule has 2 heteroatoms. The fourth-order valence-corrected chi connectivity index (χ4v) is 4.49. The molecule has 3 aromatic carbocycles. The van der Waals surface area contributed by atoms with Crippen LogP contribution in [0.2, 0.25) is 0 Å². The Bertz CT molecular complexity index is 1510. The lowest BCUT2D eigenvalue weighted by Crippen LogP contribution is -2.32. The first-order chi connectivity index (χ1) is 14.7. The van der Waals surface area contributed by atoms with Crippen molar-refractivity contribution < 1.29 is 8.68 Å². The fourth-order valence-electron chi connectivity index (χ4n) is 4.49. The van der Waals surface area contributed by atoms with Gasteiger partial charge in [0.05, 0.1) is 5.56 Å². The van der Waals surface area contributed by atoms with Gasteiger partial charge in [-0.05, 0) is 55.2 Å². The highest BCUT2D eigenvalue weighted by molar-refractivity contribution is 6.16. The fraction of sp³-hybridized carbons (Fsp3) is 0.192. The van der Waals surface area contributed by atoms with Crippen molar-refractivity contribution in [2.24, 2.45) is 14.1 Å². The Hall–Kier alpha value is -3.13. The molecule has 28 heavy (non-hydrogen) atoms. The van der Waals surface area contributed by atoms with Crippen LogP contribution in [0, 0.1) is 20.7 Å². The number of nitrogens with zero attached hydrogens (tertiary/aromatic N) is 2. The molecule has 138 valence electrons. The second-order valence-corrected chi connectivity index (χ2v) is 7.82. The lowest BCUT2D eigenvalue weighted by molar-refractivity contribution is -0.659. The number of aryl methyl sites for hydroxylation is 5. The van der Waals surface area contributed by atoms with E-state index in [2.05, 4.69) is 60.9 Å². The van der Waals surface area contributed by atoms with Crippen molar-refractivity contribution in [3.8, 4) is 11.3 Å². The Kier molecular flexibility index (Phi) is 2.96. The van der Waals surface area contributed by atoms with Gasteiger partial charge in [-0.15, -0.1) is 0 Å². The molecule has 0 saturated heterocycles. The minimum atomic E-state index is -2.21. The third-order valence-electron chi connectivity index (χ3n) is 5.88. The SMILES string of the molecule is [2H]C([2H])([2H])c1c[n+](C)c(-c2ccccc2C)c2c1c1cc3cc(C)ccc3cc1n2C. The van der Waals surface area contributed by atoms with Gasteiger partial charge in [0.2, 0.25) is 5.69 Å². The van der Waals surface area contributed by atoms with E-state index >= 15 is 0 Å². The van der Waals surface area contributed by atoms with E-state index in [4.69, 9.17) is 4.11 Å². The first-order valence-corrected chi connectivity index (χ1v) is 9.58. The number of aromatic nitrogens is 2. The molecule has 0 aliphatic carbocycles. The number of hydrogen-bond acceptors (Lipinski definition) is 0. The minimum absolute atomic E-state index is 0.389. The van der Waals surface area contributed by atoms with Crippen molar-refractivity contribution in [1.82, 2.24) is 4.57 Å². The Morgan fingerprint density at radius 2 is 1.75 bits per heavy atom. The summed E-state index contributed by atoms with van der Waals surface area (Å²) in [6.07, 6.45) is 1.79. The van der Waals surface area contributed by atoms with Gasteiger partial charge in [0.25, 0.3) is 0 Å². The molecule has 0 atom stereocenters. The van der Waals surface area contributed by atoms with Crippen LogP contribution in [0.15, 0.2) is 60.8 Å². The summed E-state index contributed by atoms with van der Waals surface area (Å²) in [5.41, 5.74) is 6.87. The van der Waals surface area contributed by atoms with E-state index in [1.165, 1.54) is 5.56 Å². The molecule has 0 amide bonds. The Balaban J connectivity index is 2.06. The molecular formula is C26H25N2+. The molecule has 0 N–H and O–H groups in total. The summed E-state index contributed by atoms with van der Waals surface area (Å²) in [6, 6.07) is 19.0. The van der Waals surface area contributed by atoms with E-state index in [1.54, 1.807) is 6.20 Å². The van der Waals surface area contributed by atoms with Gasteiger partial charge in [-0.2, -0.15) is 4.57 Å². The zero-order chi connectivity index (χ0) is 22.1. The van der Waals surface area contributed by atoms with Crippen LogP contribution in [0.4, 0.5) is 0 Å². The molecule has 0 radical (unpaired) electrons. The van der Waals surface area contributed by atoms with Crippen LogP contribution in [0.1, 0.15) is 20.8 Å². The van der Waals surface area contributed by atoms with Crippen molar-refractivity contribution in [3.63, 3.8) is 0 Å². The number of rotatable bonds is 1. The molecule has 2 heterocycles. The van der Waals surface area contributed by atoms with Crippen LogP contribution in [-0.4, -0.2) is 4.57 Å². The summed E-state index contributed by atoms with van der Waals surface area (Å²) in [6.45, 7) is 1.96. The Morgan fingerprint density at radius 3 is 2.54 bits per heavy atom. The van der Waals surface area contributed by atoms with E-state index in [0.717, 1.165) is 49.4 Å². The zero-order valence-corrected chi connectivity index (χ0v) is 16.7. The van der Waals surface area contributed by atoms with E-state index < -0.39 is 6.85 Å². The summed E-state index contributed by atoms with van der Waals surface area (Å²) < 4.78 is 28.9. The smallest absolute Gasteiger partial charge is 0.237 e. The van der Waals surface area contributed by atoms with Crippen molar-refractivity contribution >= 4 is 32.6 Å². The van der Waals surface area contributed by atoms with Crippen molar-refractivity contribution in [1.29, 1.82) is 0 Å². The lowest BCUT2D eigenvalue weighted by atomic mass is 9.99. The average Bonchev–Trinajstić information content (AvgIpc) is 2.98. The second-order valence-electron chi connectivity index (χ2n) is 7.82. The number of fused-ring (bicyclic) bond motifs is 4. The maximum absolute atomic E-state index is 8.26. The van der Waals surface area contributed by atoms with Crippen molar-refractivity contribution in [2.75, 3.05) is 0 Å². The van der Waals surface area contributed by atoms with Gasteiger partial charge in [-0.1, -0.05) is 42.0 Å². The molecule has 0 fully saturated rings. The summed E-state index contributed by atoms with van der Waals surface area (Å²) in [7, 11) is 3.98. The molecule has 0 saturated carbocycles. The number of benzene rings is 3. The van der Waals surface area contributed by atoms with E-state index in [0.29, 0.717) is 5.56 Å². The van der Waals surface area contributed by atoms with E-state index in [-0.39, 0.29) is 0 Å². The number of pyridine rings is 1. The van der Waals surface area contributed by atoms with E-state index in [9.17, 15) is 0 Å². The molecule has 0 spiro atoms. The number of hydrogen-bond donors (Lipinski definition) is 0. The monoisotopic (exact) mass is 368 g/mol. The van der Waals surface area contributed by atoms with Gasteiger partial charge in [-0.25, -0.2) is 0 Å². The van der Waals surface area contributed by atoms with Crippen LogP contribution < -0.4 is 4.57 Å². The molecule has 0 aliphatic rings. The molecule has 0 unspecified atom stereocenters. The highest BCUT2D eigenvalue weighted by Gasteiger charge is 2.24. The summed E-state index contributed by atoms with van der Waals surface area (Å²) >= 11 is 0. The molecular weight excluding hydrogens is 340 g/mol. The summed E-state index contributed by atoms with van der Waals surface area (Å²) in [5, 5.41) is 4.08. The summed E-state index contributed by atoms with van der Waals surface area (Å²) in [5.74, 6) is 0. The van der Waals surface area contributed by atoms with Crippen molar-refractivity contribution in [3.05, 3.63) is 77.5 Å². The maximum Gasteiger partial charge on any atom is 0.237 e. The Labute approximate surface area is 169 Å². The maximum atomic E-state index is 8.26. The van der Waals surface area contributed by atoms with Gasteiger partial charge in [-0.3, -0.25) is 0 Å². The first kappa shape index (κ1) is 14.0. The van der Waals surface area contributed by atoms with Gasteiger partial charge in [0, 0.05) is 33.0 Å². The van der Waals surface area contributed by atoms with Crippen molar-refractivity contribution in [2.45, 2.75) is 20.7 Å². The predicted octanol–water partition coefficient (Wildman–Crippen LogP) is 5.90. The predicted molar refractivity (Wildman–Crippen MR) is 119 cm³/mol. The molecule has 0 aliphatic heterocycles. The van der Waals surface area contributed by atoms with Crippen LogP contribution in [0.3, 0.4) is 0 Å². The largest absolute Gasteiger partial charge is 0.338 e. The summed E-state index contributed by atoms with van der Waals surface area (Å²) in [4.78, 5) is 0. The van der Waals surface area contributed by atoms with Gasteiger partial charge < -0.3 is 4.57 Å². The molecule has 2 nitrogen and oxygen atoms in total. The lowest BCUT2D eigenvalue weighted by Gasteiger charge is -2.09. The molecule has 5 aromatic rings. The van der Waals surface area contributed by atoms with Crippen LogP contribution in [-0.2, 0) is 14.1 Å². The van der Waals surface area contributed by atoms with Crippen LogP contribution >= 0.6 is 0 Å².